The third-order valence-electron chi connectivity index (χ3n) is 4.96. The summed E-state index contributed by atoms with van der Waals surface area (Å²) in [5.74, 6) is 0.877. The normalized spacial score (nSPS) is 12.6. The number of benzene rings is 2. The van der Waals surface area contributed by atoms with E-state index in [2.05, 4.69) is 16.9 Å². The predicted octanol–water partition coefficient (Wildman–Crippen LogP) is 5.83. The van der Waals surface area contributed by atoms with E-state index in [0.29, 0.717) is 57.6 Å². The van der Waals surface area contributed by atoms with Crippen LogP contribution in [-0.4, -0.2) is 36.6 Å². The summed E-state index contributed by atoms with van der Waals surface area (Å²) >= 11 is 13.3. The van der Waals surface area contributed by atoms with Crippen LogP contribution in [0.3, 0.4) is 0 Å². The van der Waals surface area contributed by atoms with Crippen LogP contribution in [0.1, 0.15) is 12.8 Å². The zero-order chi connectivity index (χ0) is 24.1. The lowest BCUT2D eigenvalue weighted by molar-refractivity contribution is -0.121. The number of ether oxygens (including phenoxy) is 2. The van der Waals surface area contributed by atoms with Crippen LogP contribution >= 0.6 is 34.5 Å². The standard InChI is InChI=1S/C24H21Cl2N3O4S/c1-2-9-29-19-11-15(5-7-21(19)33-13-23(29)31)18-14-34-24(27-18)28-22(30)4-3-10-32-20-8-6-16(25)12-17(20)26/h2,5-8,11-12,14H,1,3-4,9-10,13H2,(H,27,28,30). The fraction of sp³-hybridized carbons (Fsp3) is 0.208. The maximum absolute atomic E-state index is 12.3. The van der Waals surface area contributed by atoms with Crippen LogP contribution in [0.5, 0.6) is 11.5 Å². The zero-order valence-corrected chi connectivity index (χ0v) is 20.4. The Morgan fingerprint density at radius 2 is 2.15 bits per heavy atom. The van der Waals surface area contributed by atoms with E-state index in [9.17, 15) is 9.59 Å². The van der Waals surface area contributed by atoms with Gasteiger partial charge in [-0.3, -0.25) is 9.59 Å². The summed E-state index contributed by atoms with van der Waals surface area (Å²) in [5.41, 5.74) is 2.18. The second kappa shape index (κ2) is 10.9. The number of nitrogens with one attached hydrogen (secondary N) is 1. The molecule has 0 radical (unpaired) electrons. The lowest BCUT2D eigenvalue weighted by Gasteiger charge is -2.28. The molecule has 10 heteroatoms. The van der Waals surface area contributed by atoms with E-state index in [4.69, 9.17) is 32.7 Å². The first kappa shape index (κ1) is 24.1. The summed E-state index contributed by atoms with van der Waals surface area (Å²) in [6.07, 6.45) is 2.46. The molecule has 2 heterocycles. The summed E-state index contributed by atoms with van der Waals surface area (Å²) in [7, 11) is 0. The third-order valence-corrected chi connectivity index (χ3v) is 6.25. The Hall–Kier alpha value is -3.07. The molecule has 0 fully saturated rings. The maximum Gasteiger partial charge on any atom is 0.265 e. The molecule has 2 amide bonds. The molecule has 1 aliphatic rings. The first-order valence-corrected chi connectivity index (χ1v) is 12.1. The number of hydrogen-bond donors (Lipinski definition) is 1. The van der Waals surface area contributed by atoms with Crippen LogP contribution in [0, 0.1) is 0 Å². The Bertz CT molecular complexity index is 1230. The number of thiazole rings is 1. The van der Waals surface area contributed by atoms with Gasteiger partial charge in [0.05, 0.1) is 23.0 Å². The fourth-order valence-electron chi connectivity index (χ4n) is 3.34. The van der Waals surface area contributed by atoms with Gasteiger partial charge in [-0.2, -0.15) is 0 Å². The molecular formula is C24H21Cl2N3O4S. The zero-order valence-electron chi connectivity index (χ0n) is 18.1. The number of amides is 2. The highest BCUT2D eigenvalue weighted by molar-refractivity contribution is 7.14. The quantitative estimate of drug-likeness (QED) is 0.285. The second-order valence-corrected chi connectivity index (χ2v) is 9.08. The second-order valence-electron chi connectivity index (χ2n) is 7.38. The number of halogens is 2. The molecule has 0 saturated heterocycles. The molecule has 1 aromatic heterocycles. The molecule has 0 bridgehead atoms. The van der Waals surface area contributed by atoms with E-state index in [1.807, 2.05) is 23.6 Å². The van der Waals surface area contributed by atoms with Gasteiger partial charge >= 0.3 is 0 Å². The van der Waals surface area contributed by atoms with Gasteiger partial charge in [0.15, 0.2) is 11.7 Å². The van der Waals surface area contributed by atoms with Gasteiger partial charge in [-0.05, 0) is 42.8 Å². The van der Waals surface area contributed by atoms with Crippen molar-refractivity contribution in [2.75, 3.05) is 30.0 Å². The highest BCUT2D eigenvalue weighted by atomic mass is 35.5. The molecule has 7 nitrogen and oxygen atoms in total. The number of hydrogen-bond acceptors (Lipinski definition) is 6. The fourth-order valence-corrected chi connectivity index (χ4v) is 4.54. The number of rotatable bonds is 9. The minimum absolute atomic E-state index is 0.00481. The maximum atomic E-state index is 12.3. The Balaban J connectivity index is 1.33. The molecule has 0 atom stereocenters. The molecule has 2 aromatic carbocycles. The largest absolute Gasteiger partial charge is 0.492 e. The minimum Gasteiger partial charge on any atom is -0.492 e. The Morgan fingerprint density at radius 1 is 1.29 bits per heavy atom. The average molecular weight is 518 g/mol. The van der Waals surface area contributed by atoms with Crippen LogP contribution in [0.25, 0.3) is 11.3 Å². The molecule has 1 N–H and O–H groups in total. The van der Waals surface area contributed by atoms with Gasteiger partial charge in [-0.25, -0.2) is 4.98 Å². The highest BCUT2D eigenvalue weighted by Gasteiger charge is 2.25. The van der Waals surface area contributed by atoms with E-state index >= 15 is 0 Å². The number of carbonyl (C=O) groups is 2. The summed E-state index contributed by atoms with van der Waals surface area (Å²) in [6.45, 7) is 4.46. The summed E-state index contributed by atoms with van der Waals surface area (Å²) in [6, 6.07) is 10.5. The highest BCUT2D eigenvalue weighted by Crippen LogP contribution is 2.36. The summed E-state index contributed by atoms with van der Waals surface area (Å²) in [4.78, 5) is 30.7. The van der Waals surface area contributed by atoms with E-state index in [-0.39, 0.29) is 24.8 Å². The van der Waals surface area contributed by atoms with Crippen LogP contribution in [0.4, 0.5) is 10.8 Å². The Morgan fingerprint density at radius 3 is 2.94 bits per heavy atom. The summed E-state index contributed by atoms with van der Waals surface area (Å²) in [5, 5.41) is 6.13. The molecule has 3 aromatic rings. The van der Waals surface area contributed by atoms with E-state index < -0.39 is 0 Å². The van der Waals surface area contributed by atoms with Crippen LogP contribution in [0.2, 0.25) is 10.0 Å². The summed E-state index contributed by atoms with van der Waals surface area (Å²) < 4.78 is 11.1. The van der Waals surface area contributed by atoms with Crippen molar-refractivity contribution in [2.45, 2.75) is 12.8 Å². The van der Waals surface area contributed by atoms with Crippen molar-refractivity contribution >= 4 is 57.2 Å². The van der Waals surface area contributed by atoms with Crippen molar-refractivity contribution in [2.24, 2.45) is 0 Å². The van der Waals surface area contributed by atoms with Crippen LogP contribution in [-0.2, 0) is 9.59 Å². The van der Waals surface area contributed by atoms with Crippen LogP contribution < -0.4 is 19.7 Å². The molecule has 176 valence electrons. The topological polar surface area (TPSA) is 80.8 Å². The van der Waals surface area contributed by atoms with Crippen molar-refractivity contribution in [1.29, 1.82) is 0 Å². The van der Waals surface area contributed by atoms with Gasteiger partial charge in [0.25, 0.3) is 5.91 Å². The molecular weight excluding hydrogens is 497 g/mol. The van der Waals surface area contributed by atoms with Gasteiger partial charge in [0.2, 0.25) is 5.91 Å². The van der Waals surface area contributed by atoms with Gasteiger partial charge in [0, 0.05) is 28.9 Å². The van der Waals surface area contributed by atoms with Gasteiger partial charge in [-0.1, -0.05) is 29.3 Å². The first-order chi connectivity index (χ1) is 16.4. The van der Waals surface area contributed by atoms with E-state index in [0.717, 1.165) is 5.56 Å². The first-order valence-electron chi connectivity index (χ1n) is 10.5. The van der Waals surface area contributed by atoms with Crippen molar-refractivity contribution in [1.82, 2.24) is 4.98 Å². The van der Waals surface area contributed by atoms with E-state index in [1.54, 1.807) is 29.2 Å². The molecule has 0 unspecified atom stereocenters. The number of fused-ring (bicyclic) bond motifs is 1. The van der Waals surface area contributed by atoms with Gasteiger partial charge < -0.3 is 19.7 Å². The molecule has 4 rings (SSSR count). The molecule has 0 spiro atoms. The van der Waals surface area contributed by atoms with Gasteiger partial charge in [-0.15, -0.1) is 17.9 Å². The molecule has 1 aliphatic heterocycles. The number of anilines is 2. The van der Waals surface area contributed by atoms with Gasteiger partial charge in [0.1, 0.15) is 11.5 Å². The number of carbonyl (C=O) groups excluding carboxylic acids is 2. The monoisotopic (exact) mass is 517 g/mol. The number of nitrogens with zero attached hydrogens (tertiary/aromatic N) is 2. The smallest absolute Gasteiger partial charge is 0.265 e. The predicted molar refractivity (Wildman–Crippen MR) is 135 cm³/mol. The Kier molecular flexibility index (Phi) is 7.72. The van der Waals surface area contributed by atoms with Crippen LogP contribution in [0.15, 0.2) is 54.4 Å². The lowest BCUT2D eigenvalue weighted by atomic mass is 10.1. The lowest BCUT2D eigenvalue weighted by Crippen LogP contribution is -2.38. The average Bonchev–Trinajstić information content (AvgIpc) is 3.28. The van der Waals surface area contributed by atoms with Crippen molar-refractivity contribution in [3.05, 3.63) is 64.5 Å². The SMILES string of the molecule is C=CCN1C(=O)COc2ccc(-c3csc(NC(=O)CCCOc4ccc(Cl)cc4Cl)n3)cc21. The number of aromatic nitrogens is 1. The molecule has 34 heavy (non-hydrogen) atoms. The third kappa shape index (κ3) is 5.70. The Labute approximate surface area is 210 Å². The molecule has 0 aliphatic carbocycles. The van der Waals surface area contributed by atoms with Crippen molar-refractivity contribution in [3.8, 4) is 22.8 Å². The van der Waals surface area contributed by atoms with Crippen molar-refractivity contribution < 1.29 is 19.1 Å². The van der Waals surface area contributed by atoms with E-state index in [1.165, 1.54) is 11.3 Å². The molecule has 0 saturated carbocycles. The minimum atomic E-state index is -0.159. The van der Waals surface area contributed by atoms with Crippen molar-refractivity contribution in [3.63, 3.8) is 0 Å².